The van der Waals surface area contributed by atoms with Crippen LogP contribution in [0.4, 0.5) is 0 Å². The summed E-state index contributed by atoms with van der Waals surface area (Å²) in [5.41, 5.74) is 5.63. The number of carbonyl (C=O) groups is 4. The number of β-amino-alcohol motifs (C(OH)–C–C–N with tert-alkyl or cyclic N) is 1. The number of piperidine rings is 1. The number of Topliss-reactive ketones (excluding diaryl/α,β-unsaturated/α-hetero) is 1. The molecule has 5 aliphatic heterocycles. The number of aliphatic hydroxyl groups excluding tert-OH is 1. The molecule has 0 radical (unpaired) electrons. The van der Waals surface area contributed by atoms with E-state index in [1.165, 1.54) is 27.7 Å². The number of likely N-dealkylation sites (tertiary alicyclic amines) is 2. The van der Waals surface area contributed by atoms with Crippen molar-refractivity contribution in [3.8, 4) is 0 Å². The van der Waals surface area contributed by atoms with E-state index in [-0.39, 0.29) is 78.0 Å². The summed E-state index contributed by atoms with van der Waals surface area (Å²) in [5.74, 6) is -1.91. The minimum atomic E-state index is -1.13. The summed E-state index contributed by atoms with van der Waals surface area (Å²) >= 11 is 1.47. The van der Waals surface area contributed by atoms with E-state index in [4.69, 9.17) is 5.73 Å². The number of carboxylic acid groups (broad SMARTS) is 1. The largest absolute Gasteiger partial charge is 0.477 e. The number of tetrazole rings is 1. The van der Waals surface area contributed by atoms with Gasteiger partial charge in [0, 0.05) is 67.8 Å². The summed E-state index contributed by atoms with van der Waals surface area (Å²) in [6, 6.07) is -0.449. The number of nitrogens with one attached hydrogen (secondary N) is 1. The fraction of sp³-hybridized carbons (Fsp3) is 0.759. The summed E-state index contributed by atoms with van der Waals surface area (Å²) in [6.45, 7) is 7.62. The van der Waals surface area contributed by atoms with E-state index in [0.29, 0.717) is 30.3 Å². The molecule has 4 saturated heterocycles. The lowest BCUT2D eigenvalue weighted by molar-refractivity contribution is -0.160. The van der Waals surface area contributed by atoms with Crippen LogP contribution in [-0.2, 0) is 25.7 Å². The van der Waals surface area contributed by atoms with Crippen LogP contribution in [-0.4, -0.2) is 137 Å². The Hall–Kier alpha value is -2.92. The number of rotatable bonds is 12. The smallest absolute Gasteiger partial charge is 0.353 e. The molecule has 6 heterocycles. The molecule has 0 bridgehead atoms. The Kier molecular flexibility index (Phi) is 9.30. The Morgan fingerprint density at radius 2 is 2.04 bits per heavy atom. The molecule has 1 aromatic heterocycles. The van der Waals surface area contributed by atoms with Crippen LogP contribution in [0, 0.1) is 23.7 Å². The molecule has 246 valence electrons. The normalized spacial score (nSPS) is 32.8. The molecule has 9 atom stereocenters. The molecular formula is C29H43N9O6S. The SMILES string of the molecule is C[C@@H](CC(=O)Cn1cnnn1)[C@H]1C(=O)N2C(C(=O)O)=C(S[C@@H]3CN[C@H](C(=O)N4CCC5CN(C[C@@H](O)CN)CCC54)C3)[C@H](C)[C@H]12. The van der Waals surface area contributed by atoms with Crippen molar-refractivity contribution in [1.29, 1.82) is 0 Å². The van der Waals surface area contributed by atoms with Gasteiger partial charge in [0.1, 0.15) is 18.6 Å². The van der Waals surface area contributed by atoms with E-state index < -0.39 is 18.0 Å². The van der Waals surface area contributed by atoms with Gasteiger partial charge in [0.15, 0.2) is 5.78 Å². The van der Waals surface area contributed by atoms with E-state index in [1.807, 2.05) is 18.7 Å². The maximum atomic E-state index is 13.7. The lowest BCUT2D eigenvalue weighted by Crippen LogP contribution is -2.62. The van der Waals surface area contributed by atoms with E-state index in [1.54, 1.807) is 0 Å². The summed E-state index contributed by atoms with van der Waals surface area (Å²) in [4.78, 5) is 58.4. The van der Waals surface area contributed by atoms with Crippen molar-refractivity contribution >= 4 is 35.3 Å². The second-order valence-corrected chi connectivity index (χ2v) is 14.6. The van der Waals surface area contributed by atoms with Crippen molar-refractivity contribution in [2.75, 3.05) is 39.3 Å². The summed E-state index contributed by atoms with van der Waals surface area (Å²) in [5, 5.41) is 34.3. The molecule has 0 aliphatic carbocycles. The first-order chi connectivity index (χ1) is 21.6. The maximum Gasteiger partial charge on any atom is 0.353 e. The molecule has 1 aromatic rings. The van der Waals surface area contributed by atoms with Gasteiger partial charge < -0.3 is 36.0 Å². The molecule has 0 saturated carbocycles. The molecule has 5 aliphatic rings. The number of β-lactam (4-membered cyclic amide) rings is 1. The number of ketones is 1. The lowest BCUT2D eigenvalue weighted by atomic mass is 9.73. The van der Waals surface area contributed by atoms with E-state index >= 15 is 0 Å². The van der Waals surface area contributed by atoms with E-state index in [2.05, 4.69) is 25.7 Å². The van der Waals surface area contributed by atoms with Crippen molar-refractivity contribution < 1.29 is 29.4 Å². The van der Waals surface area contributed by atoms with Crippen LogP contribution in [0.15, 0.2) is 16.9 Å². The average molecular weight is 646 g/mol. The monoisotopic (exact) mass is 645 g/mol. The van der Waals surface area contributed by atoms with Crippen LogP contribution in [0.3, 0.4) is 0 Å². The molecule has 0 spiro atoms. The number of aliphatic carboxylic acids is 1. The van der Waals surface area contributed by atoms with Gasteiger partial charge in [-0.1, -0.05) is 13.8 Å². The number of thioether (sulfide) groups is 1. The predicted molar refractivity (Wildman–Crippen MR) is 162 cm³/mol. The molecule has 15 nitrogen and oxygen atoms in total. The summed E-state index contributed by atoms with van der Waals surface area (Å²) < 4.78 is 1.34. The quantitative estimate of drug-likeness (QED) is 0.197. The number of hydrogen-bond donors (Lipinski definition) is 4. The van der Waals surface area contributed by atoms with Crippen molar-refractivity contribution in [1.82, 2.24) is 40.2 Å². The molecule has 5 N–H and O–H groups in total. The van der Waals surface area contributed by atoms with Crippen molar-refractivity contribution in [2.45, 2.75) is 75.6 Å². The number of aliphatic hydroxyl groups is 1. The van der Waals surface area contributed by atoms with Gasteiger partial charge in [-0.05, 0) is 41.5 Å². The Bertz CT molecular complexity index is 1340. The van der Waals surface area contributed by atoms with Gasteiger partial charge in [-0.3, -0.25) is 14.4 Å². The molecule has 45 heavy (non-hydrogen) atoms. The zero-order valence-corrected chi connectivity index (χ0v) is 26.5. The van der Waals surface area contributed by atoms with Crippen LogP contribution >= 0.6 is 11.8 Å². The van der Waals surface area contributed by atoms with Gasteiger partial charge in [0.05, 0.1) is 24.1 Å². The second-order valence-electron chi connectivity index (χ2n) is 13.3. The number of carbonyl (C=O) groups excluding carboxylic acids is 3. The molecule has 0 aromatic carbocycles. The Morgan fingerprint density at radius 3 is 2.76 bits per heavy atom. The summed E-state index contributed by atoms with van der Waals surface area (Å²) in [6.07, 6.45) is 3.40. The van der Waals surface area contributed by atoms with Crippen LogP contribution < -0.4 is 11.1 Å². The lowest BCUT2D eigenvalue weighted by Gasteiger charge is -2.47. The standard InChI is InChI=1S/C29H43N9O6S/c1-15(7-18(39)13-36-14-32-33-34-36)23-24-16(2)26(25(29(43)44)38(24)28(23)42)45-20-8-21(31-10-20)27(41)37-6-3-17-11-35(5-4-22(17)37)12-19(40)9-30/h14-17,19-24,31,40H,3-13,30H2,1-2H3,(H,43,44)/t15-,16+,17?,19-,20-,21-,22?,23+,24+/m0/s1. The first-order valence-corrected chi connectivity index (χ1v) is 16.8. The zero-order valence-electron chi connectivity index (χ0n) is 25.7. The van der Waals surface area contributed by atoms with Crippen LogP contribution in [0.5, 0.6) is 0 Å². The Balaban J connectivity index is 1.05. The number of carboxylic acids is 1. The highest BCUT2D eigenvalue weighted by atomic mass is 32.2. The third kappa shape index (κ3) is 6.14. The molecule has 4 fully saturated rings. The van der Waals surface area contributed by atoms with Crippen LogP contribution in [0.1, 0.15) is 39.5 Å². The number of nitrogens with zero attached hydrogens (tertiary/aromatic N) is 7. The topological polar surface area (TPSA) is 200 Å². The highest BCUT2D eigenvalue weighted by Gasteiger charge is 2.60. The van der Waals surface area contributed by atoms with Crippen molar-refractivity contribution in [3.63, 3.8) is 0 Å². The molecule has 6 rings (SSSR count). The van der Waals surface area contributed by atoms with Gasteiger partial charge in [-0.2, -0.15) is 0 Å². The number of amides is 2. The minimum Gasteiger partial charge on any atom is -0.477 e. The number of fused-ring (bicyclic) bond motifs is 2. The number of hydrogen-bond acceptors (Lipinski definition) is 12. The molecular weight excluding hydrogens is 602 g/mol. The van der Waals surface area contributed by atoms with Crippen LogP contribution in [0.25, 0.3) is 0 Å². The third-order valence-electron chi connectivity index (χ3n) is 10.3. The van der Waals surface area contributed by atoms with E-state index in [0.717, 1.165) is 32.5 Å². The number of aromatic nitrogens is 4. The fourth-order valence-electron chi connectivity index (χ4n) is 8.18. The van der Waals surface area contributed by atoms with E-state index in [9.17, 15) is 29.4 Å². The first-order valence-electron chi connectivity index (χ1n) is 15.9. The van der Waals surface area contributed by atoms with Crippen molar-refractivity contribution in [2.24, 2.45) is 29.4 Å². The highest BCUT2D eigenvalue weighted by Crippen LogP contribution is 2.53. The Labute approximate surface area is 265 Å². The first kappa shape index (κ1) is 32.0. The fourth-order valence-corrected chi connectivity index (χ4v) is 9.66. The van der Waals surface area contributed by atoms with Gasteiger partial charge in [0.2, 0.25) is 11.8 Å². The zero-order chi connectivity index (χ0) is 32.0. The molecule has 2 unspecified atom stereocenters. The average Bonchev–Trinajstić information content (AvgIpc) is 3.80. The molecule has 16 heteroatoms. The van der Waals surface area contributed by atoms with Gasteiger partial charge in [0.25, 0.3) is 0 Å². The van der Waals surface area contributed by atoms with Gasteiger partial charge >= 0.3 is 5.97 Å². The maximum absolute atomic E-state index is 13.7. The Morgan fingerprint density at radius 1 is 1.24 bits per heavy atom. The predicted octanol–water partition coefficient (Wildman–Crippen LogP) is -1.25. The van der Waals surface area contributed by atoms with Crippen LogP contribution in [0.2, 0.25) is 0 Å². The second kappa shape index (κ2) is 13.1. The van der Waals surface area contributed by atoms with Gasteiger partial charge in [-0.25, -0.2) is 9.48 Å². The number of nitrogens with two attached hydrogens (primary N) is 1. The minimum absolute atomic E-state index is 0.00806. The van der Waals surface area contributed by atoms with Gasteiger partial charge in [-0.15, -0.1) is 16.9 Å². The van der Waals surface area contributed by atoms with Crippen molar-refractivity contribution in [3.05, 3.63) is 16.9 Å². The molecule has 2 amide bonds. The third-order valence-corrected chi connectivity index (χ3v) is 11.8. The highest BCUT2D eigenvalue weighted by molar-refractivity contribution is 8.03. The summed E-state index contributed by atoms with van der Waals surface area (Å²) in [7, 11) is 0.